The van der Waals surface area contributed by atoms with E-state index in [0.717, 1.165) is 45.1 Å². The van der Waals surface area contributed by atoms with Crippen LogP contribution in [0.5, 0.6) is 0 Å². The highest BCUT2D eigenvalue weighted by molar-refractivity contribution is 5.73. The van der Waals surface area contributed by atoms with Crippen molar-refractivity contribution in [1.82, 2.24) is 5.32 Å². The van der Waals surface area contributed by atoms with Gasteiger partial charge in [0.2, 0.25) is 0 Å². The van der Waals surface area contributed by atoms with E-state index in [1.165, 1.54) is 0 Å². The molecule has 3 saturated carbocycles. The van der Waals surface area contributed by atoms with Crippen molar-refractivity contribution in [3.8, 4) is 0 Å². The summed E-state index contributed by atoms with van der Waals surface area (Å²) < 4.78 is 19.9. The average molecular weight is 616 g/mol. The summed E-state index contributed by atoms with van der Waals surface area (Å²) in [6.07, 6.45) is 8.52. The fourth-order valence-electron chi connectivity index (χ4n) is 11.9. The van der Waals surface area contributed by atoms with E-state index in [0.29, 0.717) is 42.8 Å². The predicted molar refractivity (Wildman–Crippen MR) is 176 cm³/mol. The molecule has 0 aromatic carbocycles. The van der Waals surface area contributed by atoms with Crippen molar-refractivity contribution in [2.45, 2.75) is 126 Å². The molecule has 2 N–H and O–H groups in total. The highest BCUT2D eigenvalue weighted by Gasteiger charge is 2.71. The fraction of sp³-hybridized carbons (Fsp3) is 0.921. The number of carboxylic acid groups (broad SMARTS) is 1. The summed E-state index contributed by atoms with van der Waals surface area (Å²) in [6, 6.07) is 0. The number of ether oxygens (including phenoxy) is 3. The highest BCUT2D eigenvalue weighted by atomic mass is 16.5. The minimum atomic E-state index is -0.599. The number of allylic oxidation sites excluding steroid dienone is 1. The van der Waals surface area contributed by atoms with Crippen LogP contribution in [-0.2, 0) is 19.0 Å². The van der Waals surface area contributed by atoms with Gasteiger partial charge in [0.15, 0.2) is 0 Å². The number of likely N-dealkylation sites (N-methyl/N-ethyl adjacent to an activating group) is 1. The van der Waals surface area contributed by atoms with Crippen molar-refractivity contribution in [3.63, 3.8) is 0 Å². The second kappa shape index (κ2) is 11.3. The van der Waals surface area contributed by atoms with Crippen LogP contribution in [0.3, 0.4) is 0 Å². The van der Waals surface area contributed by atoms with E-state index >= 15 is 0 Å². The Hall–Kier alpha value is -0.950. The number of methoxy groups -OCH3 is 1. The third-order valence-corrected chi connectivity index (χ3v) is 15.8. The summed E-state index contributed by atoms with van der Waals surface area (Å²) in [7, 11) is 3.90. The molecule has 12 atom stereocenters. The molecule has 0 aromatic heterocycles. The van der Waals surface area contributed by atoms with Gasteiger partial charge in [-0.1, -0.05) is 74.0 Å². The molecule has 4 fully saturated rings. The molecular formula is C38H65NO5. The molecule has 0 unspecified atom stereocenters. The second-order valence-corrected chi connectivity index (χ2v) is 17.9. The van der Waals surface area contributed by atoms with Gasteiger partial charge in [-0.2, -0.15) is 0 Å². The van der Waals surface area contributed by atoms with Gasteiger partial charge in [0.1, 0.15) is 0 Å². The molecule has 0 radical (unpaired) electrons. The second-order valence-electron chi connectivity index (χ2n) is 17.9. The zero-order valence-electron chi connectivity index (χ0n) is 30.1. The van der Waals surface area contributed by atoms with Crippen LogP contribution in [0.25, 0.3) is 0 Å². The van der Waals surface area contributed by atoms with Crippen LogP contribution >= 0.6 is 0 Å². The number of fused-ring (bicyclic) bond motifs is 3. The fourth-order valence-corrected chi connectivity index (χ4v) is 11.9. The maximum Gasteiger partial charge on any atom is 0.307 e. The lowest BCUT2D eigenvalue weighted by atomic mass is 9.34. The van der Waals surface area contributed by atoms with E-state index in [-0.39, 0.29) is 50.7 Å². The number of hydrogen-bond acceptors (Lipinski definition) is 5. The Labute approximate surface area is 268 Å². The SMILES string of the molecule is CN[C@@](C)(CO[C@H]1[C@H](OC)C[C@@]23COC[C@@]1(C)[C@@H]2CC[C@H]1C3=CC[C@@]2(C)[C@H](C(=O)O)[C@@](C)([C@H](C)C(C)C)CC[C@]12C)C(C)C. The van der Waals surface area contributed by atoms with Crippen molar-refractivity contribution in [2.75, 3.05) is 34.0 Å². The third-order valence-electron chi connectivity index (χ3n) is 15.8. The average Bonchev–Trinajstić information content (AvgIpc) is 2.95. The first-order valence-electron chi connectivity index (χ1n) is 17.8. The maximum atomic E-state index is 13.3. The molecule has 252 valence electrons. The summed E-state index contributed by atoms with van der Waals surface area (Å²) in [5.41, 5.74) is 0.591. The van der Waals surface area contributed by atoms with Crippen molar-refractivity contribution in [1.29, 1.82) is 0 Å². The number of nitrogens with one attached hydrogen (secondary N) is 1. The molecule has 1 aliphatic heterocycles. The quantitative estimate of drug-likeness (QED) is 0.260. The van der Waals surface area contributed by atoms with Gasteiger partial charge in [-0.3, -0.25) is 4.79 Å². The summed E-state index contributed by atoms with van der Waals surface area (Å²) in [5.74, 6) is 1.08. The zero-order chi connectivity index (χ0) is 32.7. The topological polar surface area (TPSA) is 77.0 Å². The molecule has 5 rings (SSSR count). The molecule has 1 heterocycles. The van der Waals surface area contributed by atoms with Crippen LogP contribution in [0.15, 0.2) is 11.6 Å². The molecule has 0 amide bonds. The highest BCUT2D eigenvalue weighted by Crippen LogP contribution is 2.75. The van der Waals surface area contributed by atoms with Crippen molar-refractivity contribution in [3.05, 3.63) is 11.6 Å². The van der Waals surface area contributed by atoms with E-state index in [9.17, 15) is 9.90 Å². The summed E-state index contributed by atoms with van der Waals surface area (Å²) in [6.45, 7) is 25.1. The number of rotatable bonds is 9. The minimum Gasteiger partial charge on any atom is -0.481 e. The van der Waals surface area contributed by atoms with Crippen LogP contribution in [0.1, 0.15) is 108 Å². The van der Waals surface area contributed by atoms with Gasteiger partial charge in [-0.05, 0) is 98.3 Å². The molecular weight excluding hydrogens is 550 g/mol. The first-order valence-corrected chi connectivity index (χ1v) is 17.8. The van der Waals surface area contributed by atoms with Crippen LogP contribution in [-0.4, -0.2) is 62.8 Å². The molecule has 2 bridgehead atoms. The molecule has 1 saturated heterocycles. The van der Waals surface area contributed by atoms with Gasteiger partial charge in [0.05, 0.1) is 37.9 Å². The van der Waals surface area contributed by atoms with Crippen LogP contribution in [0, 0.1) is 62.6 Å². The Bertz CT molecular complexity index is 1140. The van der Waals surface area contributed by atoms with E-state index < -0.39 is 5.97 Å². The Balaban J connectivity index is 1.54. The van der Waals surface area contributed by atoms with Crippen molar-refractivity contribution >= 4 is 5.97 Å². The number of aliphatic carboxylic acids is 1. The van der Waals surface area contributed by atoms with Crippen LogP contribution in [0.2, 0.25) is 0 Å². The van der Waals surface area contributed by atoms with Crippen molar-refractivity contribution in [2.24, 2.45) is 62.6 Å². The first kappa shape index (κ1) is 34.4. The molecule has 5 aliphatic rings. The molecule has 6 nitrogen and oxygen atoms in total. The Morgan fingerprint density at radius 1 is 1.09 bits per heavy atom. The van der Waals surface area contributed by atoms with Gasteiger partial charge in [-0.25, -0.2) is 0 Å². The normalized spacial score (nSPS) is 47.2. The van der Waals surface area contributed by atoms with Gasteiger partial charge in [0, 0.05) is 23.5 Å². The number of carbonyl (C=O) groups is 1. The lowest BCUT2D eigenvalue weighted by Crippen LogP contribution is -2.70. The van der Waals surface area contributed by atoms with Gasteiger partial charge >= 0.3 is 5.97 Å². The molecule has 4 aliphatic carbocycles. The van der Waals surface area contributed by atoms with E-state index in [4.69, 9.17) is 14.2 Å². The molecule has 0 aromatic rings. The van der Waals surface area contributed by atoms with E-state index in [2.05, 4.69) is 80.6 Å². The Morgan fingerprint density at radius 3 is 2.34 bits per heavy atom. The number of carboxylic acids is 1. The van der Waals surface area contributed by atoms with Crippen LogP contribution in [0.4, 0.5) is 0 Å². The van der Waals surface area contributed by atoms with E-state index in [1.54, 1.807) is 5.57 Å². The predicted octanol–water partition coefficient (Wildman–Crippen LogP) is 7.61. The maximum absolute atomic E-state index is 13.3. The lowest BCUT2D eigenvalue weighted by Gasteiger charge is -2.71. The smallest absolute Gasteiger partial charge is 0.307 e. The summed E-state index contributed by atoms with van der Waals surface area (Å²) in [5, 5.41) is 14.5. The largest absolute Gasteiger partial charge is 0.481 e. The van der Waals surface area contributed by atoms with E-state index in [1.807, 2.05) is 14.2 Å². The number of hydrogen-bond donors (Lipinski definition) is 2. The first-order chi connectivity index (χ1) is 20.4. The minimum absolute atomic E-state index is 0.0116. The van der Waals surface area contributed by atoms with Gasteiger partial charge < -0.3 is 24.6 Å². The monoisotopic (exact) mass is 615 g/mol. The molecule has 0 spiro atoms. The van der Waals surface area contributed by atoms with Crippen LogP contribution < -0.4 is 5.32 Å². The molecule has 44 heavy (non-hydrogen) atoms. The zero-order valence-corrected chi connectivity index (χ0v) is 30.1. The molecule has 6 heteroatoms. The Kier molecular flexibility index (Phi) is 8.86. The van der Waals surface area contributed by atoms with Crippen molar-refractivity contribution < 1.29 is 24.1 Å². The summed E-state index contributed by atoms with van der Waals surface area (Å²) in [4.78, 5) is 13.3. The Morgan fingerprint density at radius 2 is 1.77 bits per heavy atom. The third kappa shape index (κ3) is 4.57. The van der Waals surface area contributed by atoms with Gasteiger partial charge in [0.25, 0.3) is 0 Å². The standard InChI is InChI=1S/C38H65NO5/c1-23(2)25(5)33(6)17-18-35(8)26-13-14-29-34(7)20-43-22-38(29,27(26)15-16-36(35,9)30(33)32(40)41)19-28(42-12)31(34)44-21-37(10,39-11)24(3)4/h15,23-26,28-31,39H,13-14,16-22H2,1-12H3,(H,40,41)/t25-,26+,28-,29+,30-,31+,33-,34+,35-,36+,37+,38+/m1/s1. The van der Waals surface area contributed by atoms with Gasteiger partial charge in [-0.15, -0.1) is 0 Å². The summed E-state index contributed by atoms with van der Waals surface area (Å²) >= 11 is 0. The lowest BCUT2D eigenvalue weighted by molar-refractivity contribution is -0.270.